The minimum Gasteiger partial charge on any atom is -0.391 e. The smallest absolute Gasteiger partial charge is 0.243 e. The molecule has 3 aromatic rings. The van der Waals surface area contributed by atoms with Crippen molar-refractivity contribution in [2.75, 3.05) is 38.1 Å². The maximum absolute atomic E-state index is 13.6. The first-order chi connectivity index (χ1) is 15.8. The van der Waals surface area contributed by atoms with Gasteiger partial charge in [0.25, 0.3) is 0 Å². The Bertz CT molecular complexity index is 1290. The molecule has 174 valence electrons. The lowest BCUT2D eigenvalue weighted by Crippen LogP contribution is -2.56. The number of benzene rings is 2. The molecule has 2 N–H and O–H groups in total. The number of rotatable bonds is 4. The van der Waals surface area contributed by atoms with Gasteiger partial charge in [-0.25, -0.2) is 8.42 Å². The number of aromatic amines is 1. The predicted octanol–water partition coefficient (Wildman–Crippen LogP) is 2.26. The summed E-state index contributed by atoms with van der Waals surface area (Å²) in [5.41, 5.74) is 3.41. The van der Waals surface area contributed by atoms with Gasteiger partial charge in [0.15, 0.2) is 0 Å². The quantitative estimate of drug-likeness (QED) is 0.612. The van der Waals surface area contributed by atoms with Crippen molar-refractivity contribution in [2.24, 2.45) is 0 Å². The number of sulfonamides is 1. The summed E-state index contributed by atoms with van der Waals surface area (Å²) in [6.07, 6.45) is 0.272. The Morgan fingerprint density at radius 2 is 1.85 bits per heavy atom. The van der Waals surface area contributed by atoms with E-state index < -0.39 is 22.2 Å². The molecule has 8 nitrogen and oxygen atoms in total. The van der Waals surface area contributed by atoms with E-state index in [0.29, 0.717) is 26.1 Å². The molecule has 2 atom stereocenters. The first kappa shape index (κ1) is 21.9. The Hall–Kier alpha value is -2.88. The molecule has 2 aromatic carbocycles. The van der Waals surface area contributed by atoms with Crippen LogP contribution in [0.4, 0.5) is 5.69 Å². The number of fused-ring (bicyclic) bond motifs is 1. The highest BCUT2D eigenvalue weighted by molar-refractivity contribution is 7.89. The largest absolute Gasteiger partial charge is 0.391 e. The van der Waals surface area contributed by atoms with Crippen molar-refractivity contribution < 1.29 is 18.3 Å². The Morgan fingerprint density at radius 3 is 2.58 bits per heavy atom. The molecule has 0 unspecified atom stereocenters. The number of aromatic nitrogens is 1. The molecule has 2 aliphatic heterocycles. The second-order valence-corrected chi connectivity index (χ2v) is 10.8. The number of likely N-dealkylation sites (N-methyl/N-ethyl adjacent to an activating group) is 1. The fourth-order valence-electron chi connectivity index (χ4n) is 4.80. The van der Waals surface area contributed by atoms with Gasteiger partial charge in [-0.1, -0.05) is 18.2 Å². The summed E-state index contributed by atoms with van der Waals surface area (Å²) in [6.45, 7) is 3.45. The molecule has 33 heavy (non-hydrogen) atoms. The number of H-pyrrole nitrogens is 1. The van der Waals surface area contributed by atoms with Crippen LogP contribution >= 0.6 is 0 Å². The van der Waals surface area contributed by atoms with E-state index in [-0.39, 0.29) is 17.3 Å². The Morgan fingerprint density at radius 1 is 1.06 bits per heavy atom. The number of aliphatic hydroxyl groups is 1. The molecule has 0 spiro atoms. The number of amides is 1. The number of β-amino-alcohol motifs (C(OH)–C–C–N with tert-alkyl or cyclic N) is 1. The number of hydrogen-bond acceptors (Lipinski definition) is 5. The number of para-hydroxylation sites is 1. The third-order valence-electron chi connectivity index (χ3n) is 6.72. The fourth-order valence-corrected chi connectivity index (χ4v) is 6.41. The molecular weight excluding hydrogens is 440 g/mol. The number of hydrogen-bond donors (Lipinski definition) is 2. The Balaban J connectivity index is 1.61. The number of piperazine rings is 1. The molecule has 1 aromatic heterocycles. The lowest BCUT2D eigenvalue weighted by atomic mass is 10.1. The summed E-state index contributed by atoms with van der Waals surface area (Å²) in [6, 6.07) is 14.3. The molecule has 0 aliphatic carbocycles. The topological polar surface area (TPSA) is 97.0 Å². The van der Waals surface area contributed by atoms with Gasteiger partial charge in [0.2, 0.25) is 15.9 Å². The summed E-state index contributed by atoms with van der Waals surface area (Å²) in [4.78, 5) is 19.7. The number of nitrogens with zero attached hydrogens (tertiary/aromatic N) is 3. The van der Waals surface area contributed by atoms with E-state index >= 15 is 0 Å². The van der Waals surface area contributed by atoms with Crippen LogP contribution in [-0.4, -0.2) is 79.0 Å². The second-order valence-electron chi connectivity index (χ2n) is 8.89. The van der Waals surface area contributed by atoms with E-state index in [2.05, 4.69) is 9.88 Å². The van der Waals surface area contributed by atoms with Crippen molar-refractivity contribution in [3.8, 4) is 11.3 Å². The molecule has 5 rings (SSSR count). The third kappa shape index (κ3) is 3.80. The molecule has 1 amide bonds. The van der Waals surface area contributed by atoms with Crippen molar-refractivity contribution in [2.45, 2.75) is 30.4 Å². The van der Waals surface area contributed by atoms with Crippen molar-refractivity contribution in [1.29, 1.82) is 0 Å². The molecule has 2 fully saturated rings. The van der Waals surface area contributed by atoms with E-state index in [1.807, 2.05) is 36.4 Å². The van der Waals surface area contributed by atoms with Gasteiger partial charge in [-0.05, 0) is 43.7 Å². The summed E-state index contributed by atoms with van der Waals surface area (Å²) in [7, 11) is -2.18. The summed E-state index contributed by atoms with van der Waals surface area (Å²) in [5.74, 6) is -0.205. The maximum Gasteiger partial charge on any atom is 0.243 e. The van der Waals surface area contributed by atoms with Crippen LogP contribution in [0.3, 0.4) is 0 Å². The van der Waals surface area contributed by atoms with Gasteiger partial charge in [0.05, 0.1) is 11.0 Å². The lowest BCUT2D eigenvalue weighted by molar-refractivity contribution is -0.136. The van der Waals surface area contributed by atoms with Gasteiger partial charge < -0.3 is 19.9 Å². The van der Waals surface area contributed by atoms with E-state index in [1.165, 1.54) is 4.31 Å². The SMILES string of the molecule is C[C@H]1C(=O)N(C)CCN1S(=O)(=O)c1ccc(N2CC[C@H](O)C2)c(-c2cc3ccccc3[nH]2)c1. The van der Waals surface area contributed by atoms with Crippen molar-refractivity contribution in [1.82, 2.24) is 14.2 Å². The lowest BCUT2D eigenvalue weighted by Gasteiger charge is -2.36. The van der Waals surface area contributed by atoms with E-state index in [9.17, 15) is 18.3 Å². The number of carbonyl (C=O) groups is 1. The zero-order valence-electron chi connectivity index (χ0n) is 18.7. The number of anilines is 1. The molecule has 9 heteroatoms. The molecule has 2 saturated heterocycles. The van der Waals surface area contributed by atoms with Crippen molar-refractivity contribution in [3.05, 3.63) is 48.5 Å². The summed E-state index contributed by atoms with van der Waals surface area (Å²) >= 11 is 0. The second kappa shape index (κ2) is 8.16. The molecule has 2 aliphatic rings. The number of carbonyl (C=O) groups excluding carboxylic acids is 1. The monoisotopic (exact) mass is 468 g/mol. The minimum atomic E-state index is -3.88. The van der Waals surface area contributed by atoms with Gasteiger partial charge in [-0.2, -0.15) is 4.31 Å². The average Bonchev–Trinajstić information content (AvgIpc) is 3.43. The van der Waals surface area contributed by atoms with Crippen LogP contribution in [-0.2, 0) is 14.8 Å². The summed E-state index contributed by atoms with van der Waals surface area (Å²) in [5, 5.41) is 11.1. The van der Waals surface area contributed by atoms with Gasteiger partial charge in [0, 0.05) is 61.1 Å². The number of aliphatic hydroxyl groups excluding tert-OH is 1. The van der Waals surface area contributed by atoms with Crippen LogP contribution in [0.1, 0.15) is 13.3 Å². The van der Waals surface area contributed by atoms with Gasteiger partial charge in [-0.15, -0.1) is 0 Å². The van der Waals surface area contributed by atoms with E-state index in [0.717, 1.165) is 27.8 Å². The molecular formula is C24H28N4O4S. The number of nitrogens with one attached hydrogen (secondary N) is 1. The Labute approximate surface area is 193 Å². The average molecular weight is 469 g/mol. The minimum absolute atomic E-state index is 0.156. The van der Waals surface area contributed by atoms with Crippen LogP contribution < -0.4 is 4.90 Å². The molecule has 3 heterocycles. The van der Waals surface area contributed by atoms with Crippen molar-refractivity contribution >= 4 is 32.5 Å². The standard InChI is InChI=1S/C24H28N4O4S/c1-16-24(30)26(2)11-12-28(16)33(31,32)19-7-8-23(27-10-9-18(29)15-27)20(14-19)22-13-17-5-3-4-6-21(17)25-22/h3-8,13-14,16,18,25,29H,9-12,15H2,1-2H3/t16-,18-/m0/s1. The first-order valence-corrected chi connectivity index (χ1v) is 12.6. The van der Waals surface area contributed by atoms with Gasteiger partial charge in [-0.3, -0.25) is 4.79 Å². The van der Waals surface area contributed by atoms with Crippen LogP contribution in [0.2, 0.25) is 0 Å². The maximum atomic E-state index is 13.6. The van der Waals surface area contributed by atoms with Gasteiger partial charge in [0.1, 0.15) is 6.04 Å². The molecule has 0 radical (unpaired) electrons. The normalized spacial score (nSPS) is 22.5. The highest BCUT2D eigenvalue weighted by Gasteiger charge is 2.38. The van der Waals surface area contributed by atoms with Crippen LogP contribution in [0.15, 0.2) is 53.4 Å². The van der Waals surface area contributed by atoms with Crippen LogP contribution in [0.5, 0.6) is 0 Å². The zero-order valence-corrected chi connectivity index (χ0v) is 19.5. The van der Waals surface area contributed by atoms with Crippen molar-refractivity contribution in [3.63, 3.8) is 0 Å². The molecule has 0 bridgehead atoms. The third-order valence-corrected chi connectivity index (χ3v) is 8.69. The van der Waals surface area contributed by atoms with Gasteiger partial charge >= 0.3 is 0 Å². The van der Waals surface area contributed by atoms with Crippen LogP contribution in [0.25, 0.3) is 22.2 Å². The highest BCUT2D eigenvalue weighted by Crippen LogP contribution is 2.37. The summed E-state index contributed by atoms with van der Waals surface area (Å²) < 4.78 is 28.5. The zero-order chi connectivity index (χ0) is 23.3. The first-order valence-electron chi connectivity index (χ1n) is 11.2. The Kier molecular flexibility index (Phi) is 5.43. The predicted molar refractivity (Wildman–Crippen MR) is 128 cm³/mol. The molecule has 0 saturated carbocycles. The van der Waals surface area contributed by atoms with E-state index in [4.69, 9.17) is 0 Å². The highest BCUT2D eigenvalue weighted by atomic mass is 32.2. The fraction of sp³-hybridized carbons (Fsp3) is 0.375. The van der Waals surface area contributed by atoms with Crippen LogP contribution in [0, 0.1) is 0 Å². The van der Waals surface area contributed by atoms with E-state index in [1.54, 1.807) is 31.0 Å².